The summed E-state index contributed by atoms with van der Waals surface area (Å²) in [5, 5.41) is 0.0157. The molecule has 0 fully saturated rings. The lowest BCUT2D eigenvalue weighted by molar-refractivity contribution is -0.172. The molecular weight excluding hydrogens is 245 g/mol. The van der Waals surface area contributed by atoms with E-state index >= 15 is 0 Å². The Morgan fingerprint density at radius 2 is 2.06 bits per heavy atom. The first-order chi connectivity index (χ1) is 7.35. The van der Waals surface area contributed by atoms with Crippen molar-refractivity contribution in [2.45, 2.75) is 24.8 Å². The Bertz CT molecular complexity index is 209. The van der Waals surface area contributed by atoms with Gasteiger partial charge in [0.05, 0.1) is 20.1 Å². The van der Waals surface area contributed by atoms with Gasteiger partial charge in [-0.25, -0.2) is 0 Å². The molecule has 0 radical (unpaired) electrons. The van der Waals surface area contributed by atoms with Crippen LogP contribution >= 0.6 is 11.8 Å². The fourth-order valence-electron chi connectivity index (χ4n) is 0.873. The molecule has 1 atom stereocenters. The van der Waals surface area contributed by atoms with Crippen LogP contribution in [-0.2, 0) is 14.3 Å². The maximum Gasteiger partial charge on any atom is 0.411 e. The number of thioether (sulfide) groups is 1. The van der Waals surface area contributed by atoms with E-state index in [9.17, 15) is 18.0 Å². The predicted octanol–water partition coefficient (Wildman–Crippen LogP) is 2.25. The topological polar surface area (TPSA) is 35.5 Å². The molecule has 7 heteroatoms. The summed E-state index contributed by atoms with van der Waals surface area (Å²) in [7, 11) is 1.30. The Balaban J connectivity index is 3.41. The minimum absolute atomic E-state index is 0.0157. The van der Waals surface area contributed by atoms with Gasteiger partial charge in [0.15, 0.2) is 0 Å². The van der Waals surface area contributed by atoms with Crippen LogP contribution in [0.15, 0.2) is 0 Å². The average molecular weight is 260 g/mol. The Kier molecular flexibility index (Phi) is 7.57. The molecule has 0 spiro atoms. The molecular formula is C9H15F3O3S. The molecule has 16 heavy (non-hydrogen) atoms. The molecule has 0 aromatic heterocycles. The van der Waals surface area contributed by atoms with Gasteiger partial charge in [0.2, 0.25) is 0 Å². The van der Waals surface area contributed by atoms with Crippen molar-refractivity contribution in [2.75, 3.05) is 26.1 Å². The summed E-state index contributed by atoms with van der Waals surface area (Å²) >= 11 is 1.38. The fraction of sp³-hybridized carbons (Fsp3) is 0.889. The van der Waals surface area contributed by atoms with Crippen molar-refractivity contribution in [1.82, 2.24) is 0 Å². The van der Waals surface area contributed by atoms with Crippen molar-refractivity contribution in [3.63, 3.8) is 0 Å². The van der Waals surface area contributed by atoms with Crippen LogP contribution in [0.5, 0.6) is 0 Å². The highest BCUT2D eigenvalue weighted by Crippen LogP contribution is 2.16. The third-order valence-corrected chi connectivity index (χ3v) is 2.72. The number of rotatable bonds is 7. The Hall–Kier alpha value is -0.430. The maximum absolute atomic E-state index is 11.7. The second-order valence-corrected chi connectivity index (χ2v) is 4.68. The van der Waals surface area contributed by atoms with Crippen LogP contribution < -0.4 is 0 Å². The minimum atomic E-state index is -4.28. The van der Waals surface area contributed by atoms with E-state index in [0.717, 1.165) is 0 Å². The summed E-state index contributed by atoms with van der Waals surface area (Å²) < 4.78 is 43.9. The molecule has 0 amide bonds. The summed E-state index contributed by atoms with van der Waals surface area (Å²) in [4.78, 5) is 10.8. The molecule has 0 aromatic carbocycles. The van der Waals surface area contributed by atoms with Crippen LogP contribution in [0.3, 0.4) is 0 Å². The van der Waals surface area contributed by atoms with E-state index in [-0.39, 0.29) is 24.2 Å². The van der Waals surface area contributed by atoms with Crippen molar-refractivity contribution >= 4 is 17.7 Å². The van der Waals surface area contributed by atoms with Crippen molar-refractivity contribution in [1.29, 1.82) is 0 Å². The molecule has 0 aliphatic carbocycles. The number of alkyl halides is 3. The normalized spacial score (nSPS) is 13.6. The molecule has 96 valence electrons. The molecule has 0 heterocycles. The van der Waals surface area contributed by atoms with Crippen LogP contribution in [0.2, 0.25) is 0 Å². The number of hydrogen-bond acceptors (Lipinski definition) is 4. The van der Waals surface area contributed by atoms with E-state index in [4.69, 9.17) is 0 Å². The van der Waals surface area contributed by atoms with Crippen LogP contribution in [0, 0.1) is 0 Å². The van der Waals surface area contributed by atoms with E-state index in [1.165, 1.54) is 18.9 Å². The molecule has 3 nitrogen and oxygen atoms in total. The quantitative estimate of drug-likeness (QED) is 0.519. The zero-order valence-corrected chi connectivity index (χ0v) is 9.99. The second kappa shape index (κ2) is 7.78. The first-order valence-electron chi connectivity index (χ1n) is 4.68. The monoisotopic (exact) mass is 260 g/mol. The molecule has 0 saturated carbocycles. The third kappa shape index (κ3) is 10.1. The fourth-order valence-corrected chi connectivity index (χ4v) is 1.74. The molecule has 0 rings (SSSR count). The highest BCUT2D eigenvalue weighted by atomic mass is 32.2. The van der Waals surface area contributed by atoms with Gasteiger partial charge < -0.3 is 9.47 Å². The van der Waals surface area contributed by atoms with Gasteiger partial charge in [-0.1, -0.05) is 6.92 Å². The first kappa shape index (κ1) is 15.6. The van der Waals surface area contributed by atoms with Crippen molar-refractivity contribution < 1.29 is 27.4 Å². The zero-order valence-electron chi connectivity index (χ0n) is 9.17. The number of carbonyl (C=O) groups is 1. The van der Waals surface area contributed by atoms with E-state index in [0.29, 0.717) is 5.75 Å². The standard InChI is InChI=1S/C9H15F3O3S/c1-7(5-8(13)14-2)16-4-3-15-6-9(10,11)12/h7H,3-6H2,1-2H3. The van der Waals surface area contributed by atoms with E-state index < -0.39 is 12.8 Å². The molecule has 0 aliphatic rings. The lowest BCUT2D eigenvalue weighted by Crippen LogP contribution is -2.18. The molecule has 0 bridgehead atoms. The van der Waals surface area contributed by atoms with Gasteiger partial charge in [-0.15, -0.1) is 0 Å². The summed E-state index contributed by atoms with van der Waals surface area (Å²) in [6.07, 6.45) is -4.03. The SMILES string of the molecule is COC(=O)CC(C)SCCOCC(F)(F)F. The van der Waals surface area contributed by atoms with Gasteiger partial charge in [-0.2, -0.15) is 24.9 Å². The predicted molar refractivity (Wildman–Crippen MR) is 55.4 cm³/mol. The summed E-state index contributed by atoms with van der Waals surface area (Å²) in [5.41, 5.74) is 0. The second-order valence-electron chi connectivity index (χ2n) is 3.13. The van der Waals surface area contributed by atoms with Crippen LogP contribution in [0.4, 0.5) is 13.2 Å². The van der Waals surface area contributed by atoms with Gasteiger partial charge in [0.1, 0.15) is 6.61 Å². The van der Waals surface area contributed by atoms with Gasteiger partial charge in [-0.05, 0) is 0 Å². The number of esters is 1. The summed E-state index contributed by atoms with van der Waals surface area (Å²) in [5.74, 6) is 0.102. The lowest BCUT2D eigenvalue weighted by atomic mass is 10.3. The van der Waals surface area contributed by atoms with Crippen molar-refractivity contribution in [3.05, 3.63) is 0 Å². The smallest absolute Gasteiger partial charge is 0.411 e. The Labute approximate surface area is 96.7 Å². The molecule has 0 aromatic rings. The van der Waals surface area contributed by atoms with Crippen LogP contribution in [0.25, 0.3) is 0 Å². The maximum atomic E-state index is 11.7. The largest absolute Gasteiger partial charge is 0.469 e. The number of hydrogen-bond donors (Lipinski definition) is 0. The number of methoxy groups -OCH3 is 1. The van der Waals surface area contributed by atoms with Gasteiger partial charge in [0, 0.05) is 11.0 Å². The molecule has 1 unspecified atom stereocenters. The number of carbonyl (C=O) groups excluding carboxylic acids is 1. The molecule has 0 saturated heterocycles. The zero-order chi connectivity index (χ0) is 12.6. The first-order valence-corrected chi connectivity index (χ1v) is 5.73. The molecule has 0 aliphatic heterocycles. The van der Waals surface area contributed by atoms with Crippen LogP contribution in [-0.4, -0.2) is 43.5 Å². The van der Waals surface area contributed by atoms with Gasteiger partial charge in [-0.3, -0.25) is 4.79 Å². The van der Waals surface area contributed by atoms with Crippen LogP contribution in [0.1, 0.15) is 13.3 Å². The third-order valence-electron chi connectivity index (χ3n) is 1.58. The Morgan fingerprint density at radius 1 is 1.44 bits per heavy atom. The van der Waals surface area contributed by atoms with Crippen molar-refractivity contribution in [2.24, 2.45) is 0 Å². The lowest BCUT2D eigenvalue weighted by Gasteiger charge is -2.10. The number of ether oxygens (including phenoxy) is 2. The van der Waals surface area contributed by atoms with Crippen molar-refractivity contribution in [3.8, 4) is 0 Å². The number of halogens is 3. The van der Waals surface area contributed by atoms with E-state index in [1.807, 2.05) is 6.92 Å². The van der Waals surface area contributed by atoms with E-state index in [2.05, 4.69) is 9.47 Å². The molecule has 0 N–H and O–H groups in total. The Morgan fingerprint density at radius 3 is 2.56 bits per heavy atom. The summed E-state index contributed by atoms with van der Waals surface area (Å²) in [6.45, 7) is 0.611. The highest BCUT2D eigenvalue weighted by Gasteiger charge is 2.27. The van der Waals surface area contributed by atoms with Gasteiger partial charge in [0.25, 0.3) is 0 Å². The average Bonchev–Trinajstić information content (AvgIpc) is 2.15. The van der Waals surface area contributed by atoms with Gasteiger partial charge >= 0.3 is 12.1 Å². The van der Waals surface area contributed by atoms with E-state index in [1.54, 1.807) is 0 Å². The minimum Gasteiger partial charge on any atom is -0.469 e. The summed E-state index contributed by atoms with van der Waals surface area (Å²) in [6, 6.07) is 0. The highest BCUT2D eigenvalue weighted by molar-refractivity contribution is 7.99.